The fourth-order valence-electron chi connectivity index (χ4n) is 1.88. The molecule has 0 heterocycles. The average Bonchev–Trinajstić information content (AvgIpc) is 2.40. The molecule has 100 valence electrons. The van der Waals surface area contributed by atoms with Crippen molar-refractivity contribution in [3.8, 4) is 0 Å². The Hall–Kier alpha value is -1.58. The summed E-state index contributed by atoms with van der Waals surface area (Å²) in [5, 5.41) is 3.41. The standard InChI is InChI=1S/C15H15ClFNO/c1-19-10-12-6-3-2-5-11(12)9-18-15-13(16)7-4-8-14(15)17/h2-8,18H,9-10H2,1H3. The van der Waals surface area contributed by atoms with Crippen LogP contribution in [0.2, 0.25) is 5.02 Å². The number of anilines is 1. The minimum Gasteiger partial charge on any atom is -0.380 e. The summed E-state index contributed by atoms with van der Waals surface area (Å²) in [4.78, 5) is 0. The van der Waals surface area contributed by atoms with Crippen molar-refractivity contribution >= 4 is 17.3 Å². The maximum atomic E-state index is 13.6. The zero-order valence-corrected chi connectivity index (χ0v) is 11.4. The third-order valence-electron chi connectivity index (χ3n) is 2.84. The first kappa shape index (κ1) is 13.8. The fourth-order valence-corrected chi connectivity index (χ4v) is 2.11. The second kappa shape index (κ2) is 6.55. The molecule has 0 fully saturated rings. The maximum absolute atomic E-state index is 13.6. The summed E-state index contributed by atoms with van der Waals surface area (Å²) in [6.07, 6.45) is 0. The lowest BCUT2D eigenvalue weighted by molar-refractivity contribution is 0.184. The third-order valence-corrected chi connectivity index (χ3v) is 3.15. The molecule has 0 aliphatic rings. The number of ether oxygens (including phenoxy) is 1. The Balaban J connectivity index is 2.15. The Kier molecular flexibility index (Phi) is 4.77. The fraction of sp³-hybridized carbons (Fsp3) is 0.200. The lowest BCUT2D eigenvalue weighted by Crippen LogP contribution is -2.05. The van der Waals surface area contributed by atoms with E-state index >= 15 is 0 Å². The largest absolute Gasteiger partial charge is 0.380 e. The zero-order valence-electron chi connectivity index (χ0n) is 10.6. The SMILES string of the molecule is COCc1ccccc1CNc1c(F)cccc1Cl. The molecule has 0 spiro atoms. The number of hydrogen-bond donors (Lipinski definition) is 1. The number of hydrogen-bond acceptors (Lipinski definition) is 2. The highest BCUT2D eigenvalue weighted by atomic mass is 35.5. The maximum Gasteiger partial charge on any atom is 0.147 e. The van der Waals surface area contributed by atoms with E-state index in [4.69, 9.17) is 16.3 Å². The highest BCUT2D eigenvalue weighted by Crippen LogP contribution is 2.25. The van der Waals surface area contributed by atoms with Crippen molar-refractivity contribution in [3.63, 3.8) is 0 Å². The molecule has 0 saturated heterocycles. The first-order valence-corrected chi connectivity index (χ1v) is 6.33. The summed E-state index contributed by atoms with van der Waals surface area (Å²) in [7, 11) is 1.65. The summed E-state index contributed by atoms with van der Waals surface area (Å²) in [5.74, 6) is -0.350. The Labute approximate surface area is 117 Å². The van der Waals surface area contributed by atoms with Gasteiger partial charge in [-0.25, -0.2) is 4.39 Å². The smallest absolute Gasteiger partial charge is 0.147 e. The lowest BCUT2D eigenvalue weighted by Gasteiger charge is -2.12. The molecule has 0 aliphatic carbocycles. The van der Waals surface area contributed by atoms with Crippen LogP contribution in [0.3, 0.4) is 0 Å². The predicted molar refractivity (Wildman–Crippen MR) is 75.9 cm³/mol. The quantitative estimate of drug-likeness (QED) is 0.884. The molecular formula is C15H15ClFNO. The van der Waals surface area contributed by atoms with Crippen LogP contribution < -0.4 is 5.32 Å². The van der Waals surface area contributed by atoms with Crippen LogP contribution in [0.1, 0.15) is 11.1 Å². The van der Waals surface area contributed by atoms with Gasteiger partial charge >= 0.3 is 0 Å². The molecule has 2 rings (SSSR count). The Bertz CT molecular complexity index is 539. The molecule has 2 nitrogen and oxygen atoms in total. The van der Waals surface area contributed by atoms with Crippen molar-refractivity contribution in [1.29, 1.82) is 0 Å². The van der Waals surface area contributed by atoms with Gasteiger partial charge in [-0.3, -0.25) is 0 Å². The highest BCUT2D eigenvalue weighted by molar-refractivity contribution is 6.33. The minimum absolute atomic E-state index is 0.330. The molecule has 1 N–H and O–H groups in total. The predicted octanol–water partition coefficient (Wildman–Crippen LogP) is 4.24. The van der Waals surface area contributed by atoms with E-state index in [2.05, 4.69) is 5.32 Å². The van der Waals surface area contributed by atoms with Crippen LogP contribution in [-0.2, 0) is 17.9 Å². The van der Waals surface area contributed by atoms with Gasteiger partial charge in [0.05, 0.1) is 17.3 Å². The van der Waals surface area contributed by atoms with E-state index in [1.165, 1.54) is 6.07 Å². The summed E-state index contributed by atoms with van der Waals surface area (Å²) < 4.78 is 18.8. The molecule has 2 aromatic rings. The first-order chi connectivity index (χ1) is 9.22. The van der Waals surface area contributed by atoms with Gasteiger partial charge in [-0.05, 0) is 23.3 Å². The number of nitrogens with one attached hydrogen (secondary N) is 1. The second-order valence-electron chi connectivity index (χ2n) is 4.15. The van der Waals surface area contributed by atoms with Gasteiger partial charge in [0.15, 0.2) is 0 Å². The zero-order chi connectivity index (χ0) is 13.7. The molecule has 0 unspecified atom stereocenters. The molecule has 2 aromatic carbocycles. The van der Waals surface area contributed by atoms with Crippen molar-refractivity contribution in [1.82, 2.24) is 0 Å². The van der Waals surface area contributed by atoms with E-state index < -0.39 is 0 Å². The Morgan fingerprint density at radius 1 is 1.11 bits per heavy atom. The number of halogens is 2. The van der Waals surface area contributed by atoms with E-state index in [9.17, 15) is 4.39 Å². The normalized spacial score (nSPS) is 10.5. The molecule has 0 aliphatic heterocycles. The number of rotatable bonds is 5. The van der Waals surface area contributed by atoms with E-state index in [0.717, 1.165) is 11.1 Å². The summed E-state index contributed by atoms with van der Waals surface area (Å²) in [6.45, 7) is 1.03. The number of benzene rings is 2. The molecule has 0 atom stereocenters. The van der Waals surface area contributed by atoms with E-state index in [-0.39, 0.29) is 5.82 Å². The van der Waals surface area contributed by atoms with Crippen LogP contribution in [0.4, 0.5) is 10.1 Å². The Morgan fingerprint density at radius 2 is 1.84 bits per heavy atom. The molecule has 0 aromatic heterocycles. The van der Waals surface area contributed by atoms with Gasteiger partial charge in [0.1, 0.15) is 5.82 Å². The van der Waals surface area contributed by atoms with Crippen LogP contribution in [0.5, 0.6) is 0 Å². The number of methoxy groups -OCH3 is 1. The van der Waals surface area contributed by atoms with E-state index in [1.807, 2.05) is 24.3 Å². The first-order valence-electron chi connectivity index (χ1n) is 5.96. The topological polar surface area (TPSA) is 21.3 Å². The average molecular weight is 280 g/mol. The van der Waals surface area contributed by atoms with Crippen molar-refractivity contribution in [2.45, 2.75) is 13.2 Å². The van der Waals surface area contributed by atoms with E-state index in [1.54, 1.807) is 19.2 Å². The van der Waals surface area contributed by atoms with Crippen molar-refractivity contribution < 1.29 is 9.13 Å². The van der Waals surface area contributed by atoms with Crippen LogP contribution in [0.15, 0.2) is 42.5 Å². The van der Waals surface area contributed by atoms with Crippen molar-refractivity contribution in [2.24, 2.45) is 0 Å². The number of para-hydroxylation sites is 1. The van der Waals surface area contributed by atoms with Gasteiger partial charge in [-0.1, -0.05) is 41.9 Å². The van der Waals surface area contributed by atoms with Crippen LogP contribution >= 0.6 is 11.6 Å². The van der Waals surface area contributed by atoms with Gasteiger partial charge in [0, 0.05) is 13.7 Å². The van der Waals surface area contributed by atoms with Crippen LogP contribution in [0.25, 0.3) is 0 Å². The van der Waals surface area contributed by atoms with Crippen LogP contribution in [-0.4, -0.2) is 7.11 Å². The van der Waals surface area contributed by atoms with Crippen LogP contribution in [0, 0.1) is 5.82 Å². The van der Waals surface area contributed by atoms with E-state index in [0.29, 0.717) is 23.9 Å². The van der Waals surface area contributed by atoms with Gasteiger partial charge in [0.2, 0.25) is 0 Å². The van der Waals surface area contributed by atoms with Crippen molar-refractivity contribution in [3.05, 3.63) is 64.4 Å². The molecule has 0 bridgehead atoms. The van der Waals surface area contributed by atoms with Gasteiger partial charge < -0.3 is 10.1 Å². The summed E-state index contributed by atoms with van der Waals surface area (Å²) in [5.41, 5.74) is 2.46. The molecule has 0 amide bonds. The highest BCUT2D eigenvalue weighted by Gasteiger charge is 2.07. The molecule has 0 radical (unpaired) electrons. The molecule has 19 heavy (non-hydrogen) atoms. The third kappa shape index (κ3) is 3.46. The molecule has 4 heteroatoms. The Morgan fingerprint density at radius 3 is 2.53 bits per heavy atom. The van der Waals surface area contributed by atoms with Gasteiger partial charge in [-0.15, -0.1) is 0 Å². The lowest BCUT2D eigenvalue weighted by atomic mass is 10.1. The minimum atomic E-state index is -0.350. The monoisotopic (exact) mass is 279 g/mol. The molecular weight excluding hydrogens is 265 g/mol. The summed E-state index contributed by atoms with van der Waals surface area (Å²) >= 11 is 5.97. The van der Waals surface area contributed by atoms with Crippen molar-refractivity contribution in [2.75, 3.05) is 12.4 Å². The molecule has 0 saturated carbocycles. The summed E-state index contributed by atoms with van der Waals surface area (Å²) in [6, 6.07) is 12.5. The second-order valence-corrected chi connectivity index (χ2v) is 4.56. The van der Waals surface area contributed by atoms with Gasteiger partial charge in [0.25, 0.3) is 0 Å². The van der Waals surface area contributed by atoms with Gasteiger partial charge in [-0.2, -0.15) is 0 Å².